The van der Waals surface area contributed by atoms with Crippen LogP contribution in [0.2, 0.25) is 0 Å². The van der Waals surface area contributed by atoms with E-state index in [1.54, 1.807) is 7.11 Å². The fourth-order valence-electron chi connectivity index (χ4n) is 1.99. The molecule has 0 radical (unpaired) electrons. The average Bonchev–Trinajstić information content (AvgIpc) is 2.42. The highest BCUT2D eigenvalue weighted by Gasteiger charge is 2.00. The summed E-state index contributed by atoms with van der Waals surface area (Å²) in [7, 11) is 1.73. The molecule has 0 saturated heterocycles. The fourth-order valence-corrected chi connectivity index (χ4v) is 1.99. The Labute approximate surface area is 117 Å². The van der Waals surface area contributed by atoms with E-state index < -0.39 is 0 Å². The Bertz CT molecular complexity index is 339. The second-order valence-corrected chi connectivity index (χ2v) is 5.26. The van der Waals surface area contributed by atoms with Crippen molar-refractivity contribution < 1.29 is 4.74 Å². The first-order valence-electron chi connectivity index (χ1n) is 7.27. The van der Waals surface area contributed by atoms with Gasteiger partial charge in [0.25, 0.3) is 0 Å². The fraction of sp³-hybridized carbons (Fsp3) is 0.625. The molecule has 0 unspecified atom stereocenters. The van der Waals surface area contributed by atoms with Gasteiger partial charge in [0, 0.05) is 0 Å². The van der Waals surface area contributed by atoms with E-state index in [2.05, 4.69) is 36.6 Å². The zero-order valence-corrected chi connectivity index (χ0v) is 12.5. The van der Waals surface area contributed by atoms with Gasteiger partial charge in [-0.05, 0) is 56.6 Å². The Morgan fingerprint density at radius 3 is 2.53 bits per heavy atom. The molecule has 0 aromatic heterocycles. The van der Waals surface area contributed by atoms with Crippen LogP contribution in [0.25, 0.3) is 0 Å². The molecule has 0 amide bonds. The molecule has 19 heavy (non-hydrogen) atoms. The van der Waals surface area contributed by atoms with Crippen molar-refractivity contribution in [2.45, 2.75) is 26.7 Å². The van der Waals surface area contributed by atoms with Crippen molar-refractivity contribution in [2.75, 3.05) is 33.3 Å². The zero-order chi connectivity index (χ0) is 13.9. The largest absolute Gasteiger partial charge is 0.496 e. The molecule has 0 spiro atoms. The molecule has 1 aromatic carbocycles. The van der Waals surface area contributed by atoms with Crippen LogP contribution >= 0.6 is 0 Å². The standard InChI is InChI=1S/C16H28N2O/c1-14(2)13-18-11-6-10-17-12-9-15-7-4-5-8-16(15)19-3/h4-5,7-8,14,17-18H,6,9-13H2,1-3H3. The predicted octanol–water partition coefficient (Wildman–Crippen LogP) is 2.46. The second kappa shape index (κ2) is 9.82. The van der Waals surface area contributed by atoms with Gasteiger partial charge in [-0.15, -0.1) is 0 Å². The third-order valence-electron chi connectivity index (χ3n) is 3.02. The first-order valence-corrected chi connectivity index (χ1v) is 7.27. The Balaban J connectivity index is 2.04. The van der Waals surface area contributed by atoms with Crippen LogP contribution < -0.4 is 15.4 Å². The van der Waals surface area contributed by atoms with Gasteiger partial charge in [-0.3, -0.25) is 0 Å². The summed E-state index contributed by atoms with van der Waals surface area (Å²) in [5, 5.41) is 6.93. The predicted molar refractivity (Wildman–Crippen MR) is 81.9 cm³/mol. The molecular weight excluding hydrogens is 236 g/mol. The molecule has 3 nitrogen and oxygen atoms in total. The van der Waals surface area contributed by atoms with Gasteiger partial charge in [0.1, 0.15) is 5.75 Å². The van der Waals surface area contributed by atoms with Crippen LogP contribution in [0, 0.1) is 5.92 Å². The van der Waals surface area contributed by atoms with Crippen molar-refractivity contribution in [3.05, 3.63) is 29.8 Å². The summed E-state index contributed by atoms with van der Waals surface area (Å²) in [5.41, 5.74) is 1.27. The van der Waals surface area contributed by atoms with E-state index in [9.17, 15) is 0 Å². The van der Waals surface area contributed by atoms with E-state index in [0.29, 0.717) is 0 Å². The molecule has 0 saturated carbocycles. The van der Waals surface area contributed by atoms with E-state index in [-0.39, 0.29) is 0 Å². The highest BCUT2D eigenvalue weighted by Crippen LogP contribution is 2.17. The van der Waals surface area contributed by atoms with E-state index in [1.165, 1.54) is 12.0 Å². The molecule has 2 N–H and O–H groups in total. The van der Waals surface area contributed by atoms with Gasteiger partial charge in [-0.2, -0.15) is 0 Å². The zero-order valence-electron chi connectivity index (χ0n) is 12.5. The Kier molecular flexibility index (Phi) is 8.26. The van der Waals surface area contributed by atoms with Gasteiger partial charge >= 0.3 is 0 Å². The summed E-state index contributed by atoms with van der Waals surface area (Å²) in [5.74, 6) is 1.72. The highest BCUT2D eigenvalue weighted by atomic mass is 16.5. The quantitative estimate of drug-likeness (QED) is 0.637. The Morgan fingerprint density at radius 1 is 1.05 bits per heavy atom. The number of hydrogen-bond acceptors (Lipinski definition) is 3. The lowest BCUT2D eigenvalue weighted by Gasteiger charge is -2.10. The number of para-hydroxylation sites is 1. The molecule has 0 aliphatic carbocycles. The monoisotopic (exact) mass is 264 g/mol. The van der Waals surface area contributed by atoms with Gasteiger partial charge in [-0.1, -0.05) is 32.0 Å². The third kappa shape index (κ3) is 7.19. The number of hydrogen-bond donors (Lipinski definition) is 2. The van der Waals surface area contributed by atoms with Crippen molar-refractivity contribution >= 4 is 0 Å². The van der Waals surface area contributed by atoms with E-state index in [4.69, 9.17) is 4.74 Å². The van der Waals surface area contributed by atoms with Crippen molar-refractivity contribution in [2.24, 2.45) is 5.92 Å². The summed E-state index contributed by atoms with van der Waals surface area (Å²) in [6, 6.07) is 8.22. The molecule has 0 heterocycles. The summed E-state index contributed by atoms with van der Waals surface area (Å²) < 4.78 is 5.34. The molecule has 3 heteroatoms. The molecule has 1 aromatic rings. The molecular formula is C16H28N2O. The number of methoxy groups -OCH3 is 1. The Hall–Kier alpha value is -1.06. The van der Waals surface area contributed by atoms with E-state index in [0.717, 1.165) is 44.3 Å². The molecule has 0 atom stereocenters. The second-order valence-electron chi connectivity index (χ2n) is 5.26. The molecule has 108 valence electrons. The van der Waals surface area contributed by atoms with Crippen LogP contribution in [0.1, 0.15) is 25.8 Å². The first kappa shape index (κ1) is 16.0. The number of ether oxygens (including phenoxy) is 1. The smallest absolute Gasteiger partial charge is 0.122 e. The average molecular weight is 264 g/mol. The number of benzene rings is 1. The maximum atomic E-state index is 5.34. The number of rotatable bonds is 10. The normalized spacial score (nSPS) is 10.9. The van der Waals surface area contributed by atoms with Crippen LogP contribution in [0.3, 0.4) is 0 Å². The summed E-state index contributed by atoms with van der Waals surface area (Å²) in [4.78, 5) is 0. The van der Waals surface area contributed by atoms with Crippen LogP contribution in [0.5, 0.6) is 5.75 Å². The van der Waals surface area contributed by atoms with Crippen LogP contribution in [0.4, 0.5) is 0 Å². The van der Waals surface area contributed by atoms with Crippen LogP contribution in [-0.4, -0.2) is 33.3 Å². The maximum Gasteiger partial charge on any atom is 0.122 e. The van der Waals surface area contributed by atoms with E-state index >= 15 is 0 Å². The lowest BCUT2D eigenvalue weighted by molar-refractivity contribution is 0.409. The minimum Gasteiger partial charge on any atom is -0.496 e. The lowest BCUT2D eigenvalue weighted by atomic mass is 10.1. The molecule has 0 aliphatic rings. The lowest BCUT2D eigenvalue weighted by Crippen LogP contribution is -2.25. The van der Waals surface area contributed by atoms with Crippen LogP contribution in [0.15, 0.2) is 24.3 Å². The van der Waals surface area contributed by atoms with Crippen LogP contribution in [-0.2, 0) is 6.42 Å². The molecule has 1 rings (SSSR count). The summed E-state index contributed by atoms with van der Waals surface area (Å²) in [6.45, 7) is 8.75. The third-order valence-corrected chi connectivity index (χ3v) is 3.02. The highest BCUT2D eigenvalue weighted by molar-refractivity contribution is 5.33. The van der Waals surface area contributed by atoms with Gasteiger partial charge in [-0.25, -0.2) is 0 Å². The van der Waals surface area contributed by atoms with Crippen molar-refractivity contribution in [1.82, 2.24) is 10.6 Å². The first-order chi connectivity index (χ1) is 9.24. The number of nitrogens with one attached hydrogen (secondary N) is 2. The van der Waals surface area contributed by atoms with Crippen molar-refractivity contribution in [3.63, 3.8) is 0 Å². The van der Waals surface area contributed by atoms with Crippen molar-refractivity contribution in [3.8, 4) is 5.75 Å². The SMILES string of the molecule is COc1ccccc1CCNCCCNCC(C)C. The van der Waals surface area contributed by atoms with Gasteiger partial charge in [0.05, 0.1) is 7.11 Å². The summed E-state index contributed by atoms with van der Waals surface area (Å²) in [6.07, 6.45) is 2.20. The Morgan fingerprint density at radius 2 is 1.79 bits per heavy atom. The van der Waals surface area contributed by atoms with Gasteiger partial charge < -0.3 is 15.4 Å². The minimum atomic E-state index is 0.735. The molecule has 0 bridgehead atoms. The summed E-state index contributed by atoms with van der Waals surface area (Å²) >= 11 is 0. The molecule has 0 aliphatic heterocycles. The van der Waals surface area contributed by atoms with Crippen molar-refractivity contribution in [1.29, 1.82) is 0 Å². The maximum absolute atomic E-state index is 5.34. The van der Waals surface area contributed by atoms with Gasteiger partial charge in [0.2, 0.25) is 0 Å². The topological polar surface area (TPSA) is 33.3 Å². The molecule has 0 fully saturated rings. The van der Waals surface area contributed by atoms with E-state index in [1.807, 2.05) is 12.1 Å². The van der Waals surface area contributed by atoms with Gasteiger partial charge in [0.15, 0.2) is 0 Å². The minimum absolute atomic E-state index is 0.735.